The molecular formula is C10H14N2O3. The zero-order valence-electron chi connectivity index (χ0n) is 8.73. The van der Waals surface area contributed by atoms with Crippen LogP contribution in [0.5, 0.6) is 0 Å². The number of ketones is 1. The number of nitrogens with zero attached hydrogens (tertiary/aromatic N) is 2. The summed E-state index contributed by atoms with van der Waals surface area (Å²) in [5.41, 5.74) is 0. The normalized spacial score (nSPS) is 11.0. The third-order valence-electron chi connectivity index (χ3n) is 1.99. The molecule has 0 aromatic heterocycles. The van der Waals surface area contributed by atoms with Gasteiger partial charge in [0.2, 0.25) is 12.2 Å². The van der Waals surface area contributed by atoms with Gasteiger partial charge in [0.15, 0.2) is 5.78 Å². The van der Waals surface area contributed by atoms with E-state index in [0.29, 0.717) is 32.2 Å². The Morgan fingerprint density at radius 2 is 2.00 bits per heavy atom. The number of hydrogen-bond acceptors (Lipinski definition) is 5. The van der Waals surface area contributed by atoms with E-state index in [0.717, 1.165) is 0 Å². The van der Waals surface area contributed by atoms with Crippen molar-refractivity contribution < 1.29 is 14.4 Å². The molecule has 0 N–H and O–H groups in total. The summed E-state index contributed by atoms with van der Waals surface area (Å²) in [5, 5.41) is 0. The molecule has 1 atom stereocenters. The quantitative estimate of drug-likeness (QED) is 0.343. The Kier molecular flexibility index (Phi) is 8.06. The van der Waals surface area contributed by atoms with Gasteiger partial charge < -0.3 is 0 Å². The molecular weight excluding hydrogens is 196 g/mol. The largest absolute Gasteiger partial charge is 0.297 e. The number of hydrogen-bond donors (Lipinski definition) is 0. The minimum atomic E-state index is -0.576. The number of rotatable bonds is 8. The maximum atomic E-state index is 11.3. The zero-order chi connectivity index (χ0) is 11.5. The molecule has 5 nitrogen and oxygen atoms in total. The molecule has 82 valence electrons. The van der Waals surface area contributed by atoms with Crippen molar-refractivity contribution in [2.24, 2.45) is 9.98 Å². The summed E-state index contributed by atoms with van der Waals surface area (Å²) in [6.45, 7) is 2.13. The standard InChI is InChI=1S/C10H14N2O3/c1-2-10(15)9(12-8-14)5-3-4-6-11-7-13/h9H,2-6H2,1H3. The van der Waals surface area contributed by atoms with Gasteiger partial charge in [-0.05, 0) is 19.3 Å². The average molecular weight is 210 g/mol. The molecule has 0 radical (unpaired) electrons. The second-order valence-corrected chi connectivity index (χ2v) is 3.02. The van der Waals surface area contributed by atoms with Gasteiger partial charge in [-0.3, -0.25) is 4.79 Å². The number of carbonyl (C=O) groups is 1. The fraction of sp³-hybridized carbons (Fsp3) is 0.700. The molecule has 0 aliphatic rings. The van der Waals surface area contributed by atoms with Crippen LogP contribution < -0.4 is 0 Å². The van der Waals surface area contributed by atoms with Crippen molar-refractivity contribution in [3.8, 4) is 0 Å². The van der Waals surface area contributed by atoms with Gasteiger partial charge in [0.1, 0.15) is 6.04 Å². The molecule has 0 bridgehead atoms. The van der Waals surface area contributed by atoms with E-state index in [-0.39, 0.29) is 5.78 Å². The van der Waals surface area contributed by atoms with Crippen LogP contribution in [0.4, 0.5) is 0 Å². The summed E-state index contributed by atoms with van der Waals surface area (Å²) >= 11 is 0. The highest BCUT2D eigenvalue weighted by atomic mass is 16.1. The number of isocyanates is 2. The van der Waals surface area contributed by atoms with Crippen LogP contribution in [0.3, 0.4) is 0 Å². The van der Waals surface area contributed by atoms with Gasteiger partial charge in [-0.1, -0.05) is 6.92 Å². The highest BCUT2D eigenvalue weighted by Gasteiger charge is 2.14. The Balaban J connectivity index is 3.91. The van der Waals surface area contributed by atoms with E-state index >= 15 is 0 Å². The maximum Gasteiger partial charge on any atom is 0.235 e. The van der Waals surface area contributed by atoms with Crippen LogP contribution in [0, 0.1) is 0 Å². The third kappa shape index (κ3) is 6.49. The van der Waals surface area contributed by atoms with Crippen molar-refractivity contribution in [1.29, 1.82) is 0 Å². The van der Waals surface area contributed by atoms with Crippen LogP contribution >= 0.6 is 0 Å². The van der Waals surface area contributed by atoms with Crippen LogP contribution in [-0.2, 0) is 14.4 Å². The van der Waals surface area contributed by atoms with Gasteiger partial charge in [0.25, 0.3) is 0 Å². The van der Waals surface area contributed by atoms with Crippen molar-refractivity contribution in [3.63, 3.8) is 0 Å². The van der Waals surface area contributed by atoms with Gasteiger partial charge in [0.05, 0.1) is 6.54 Å². The number of unbranched alkanes of at least 4 members (excludes halogenated alkanes) is 1. The van der Waals surface area contributed by atoms with Gasteiger partial charge in [-0.25, -0.2) is 14.6 Å². The average Bonchev–Trinajstić information content (AvgIpc) is 2.26. The topological polar surface area (TPSA) is 75.9 Å². The van der Waals surface area contributed by atoms with Gasteiger partial charge in [0, 0.05) is 6.42 Å². The second-order valence-electron chi connectivity index (χ2n) is 3.02. The molecule has 0 aromatic rings. The second kappa shape index (κ2) is 9.00. The van der Waals surface area contributed by atoms with Crippen molar-refractivity contribution >= 4 is 17.9 Å². The first kappa shape index (κ1) is 13.4. The summed E-state index contributed by atoms with van der Waals surface area (Å²) in [7, 11) is 0. The summed E-state index contributed by atoms with van der Waals surface area (Å²) < 4.78 is 0. The van der Waals surface area contributed by atoms with Crippen molar-refractivity contribution in [2.75, 3.05) is 6.54 Å². The molecule has 5 heteroatoms. The van der Waals surface area contributed by atoms with Crippen LogP contribution in [0.25, 0.3) is 0 Å². The van der Waals surface area contributed by atoms with Crippen LogP contribution in [0.2, 0.25) is 0 Å². The third-order valence-corrected chi connectivity index (χ3v) is 1.99. The van der Waals surface area contributed by atoms with Crippen LogP contribution in [-0.4, -0.2) is 30.5 Å². The zero-order valence-corrected chi connectivity index (χ0v) is 8.73. The van der Waals surface area contributed by atoms with Crippen molar-refractivity contribution in [3.05, 3.63) is 0 Å². The molecule has 0 rings (SSSR count). The molecule has 0 saturated heterocycles. The molecule has 15 heavy (non-hydrogen) atoms. The summed E-state index contributed by atoms with van der Waals surface area (Å²) in [4.78, 5) is 37.9. The molecule has 0 amide bonds. The summed E-state index contributed by atoms with van der Waals surface area (Å²) in [6, 6.07) is -0.576. The lowest BCUT2D eigenvalue weighted by molar-refractivity contribution is -0.120. The molecule has 0 aliphatic carbocycles. The highest BCUT2D eigenvalue weighted by Crippen LogP contribution is 2.07. The first-order valence-electron chi connectivity index (χ1n) is 4.89. The van der Waals surface area contributed by atoms with Gasteiger partial charge in [-0.15, -0.1) is 0 Å². The van der Waals surface area contributed by atoms with E-state index in [1.54, 1.807) is 6.92 Å². The van der Waals surface area contributed by atoms with E-state index in [1.807, 2.05) is 0 Å². The Labute approximate surface area is 88.3 Å². The van der Waals surface area contributed by atoms with E-state index in [9.17, 15) is 14.4 Å². The predicted molar refractivity (Wildman–Crippen MR) is 54.0 cm³/mol. The lowest BCUT2D eigenvalue weighted by Crippen LogP contribution is -2.17. The van der Waals surface area contributed by atoms with Gasteiger partial charge in [-0.2, -0.15) is 4.99 Å². The monoisotopic (exact) mass is 210 g/mol. The lowest BCUT2D eigenvalue weighted by Gasteiger charge is -2.06. The maximum absolute atomic E-state index is 11.3. The Morgan fingerprint density at radius 3 is 2.53 bits per heavy atom. The Bertz CT molecular complexity index is 289. The number of aliphatic imine (C=N–C) groups is 2. The number of Topliss-reactive ketones (excluding diaryl/α,β-unsaturated/α-hetero) is 1. The fourth-order valence-corrected chi connectivity index (χ4v) is 1.17. The first-order valence-corrected chi connectivity index (χ1v) is 4.89. The molecule has 0 spiro atoms. The highest BCUT2D eigenvalue weighted by molar-refractivity contribution is 5.84. The van der Waals surface area contributed by atoms with E-state index in [4.69, 9.17) is 0 Å². The SMILES string of the molecule is CCC(=O)C(CCCCN=C=O)N=C=O. The molecule has 1 unspecified atom stereocenters. The van der Waals surface area contributed by atoms with Crippen LogP contribution in [0.15, 0.2) is 9.98 Å². The van der Waals surface area contributed by atoms with Crippen molar-refractivity contribution in [2.45, 2.75) is 38.6 Å². The molecule has 0 saturated carbocycles. The smallest absolute Gasteiger partial charge is 0.235 e. The van der Waals surface area contributed by atoms with E-state index in [1.165, 1.54) is 12.2 Å². The molecule has 0 aliphatic heterocycles. The van der Waals surface area contributed by atoms with Crippen molar-refractivity contribution in [1.82, 2.24) is 0 Å². The van der Waals surface area contributed by atoms with Gasteiger partial charge >= 0.3 is 0 Å². The first-order chi connectivity index (χ1) is 7.26. The lowest BCUT2D eigenvalue weighted by atomic mass is 10.0. The number of carbonyl (C=O) groups excluding carboxylic acids is 3. The Hall–Kier alpha value is -1.57. The summed E-state index contributed by atoms with van der Waals surface area (Å²) in [5.74, 6) is -0.0581. The predicted octanol–water partition coefficient (Wildman–Crippen LogP) is 1.18. The molecule has 0 heterocycles. The minimum Gasteiger partial charge on any atom is -0.297 e. The minimum absolute atomic E-state index is 0.0581. The van der Waals surface area contributed by atoms with E-state index in [2.05, 4.69) is 9.98 Å². The molecule has 0 aromatic carbocycles. The summed E-state index contributed by atoms with van der Waals surface area (Å²) in [6.07, 6.45) is 5.11. The van der Waals surface area contributed by atoms with Crippen LogP contribution in [0.1, 0.15) is 32.6 Å². The Morgan fingerprint density at radius 1 is 1.27 bits per heavy atom. The van der Waals surface area contributed by atoms with E-state index < -0.39 is 6.04 Å². The fourth-order valence-electron chi connectivity index (χ4n) is 1.17. The molecule has 0 fully saturated rings.